The lowest BCUT2D eigenvalue weighted by Crippen LogP contribution is -2.12. The van der Waals surface area contributed by atoms with E-state index in [1.807, 2.05) is 44.2 Å². The molecule has 1 amide bonds. The van der Waals surface area contributed by atoms with Gasteiger partial charge in [0, 0.05) is 10.9 Å². The van der Waals surface area contributed by atoms with E-state index < -0.39 is 5.91 Å². The van der Waals surface area contributed by atoms with Gasteiger partial charge in [0.2, 0.25) is 0 Å². The third-order valence-electron chi connectivity index (χ3n) is 3.67. The summed E-state index contributed by atoms with van der Waals surface area (Å²) in [7, 11) is 0. The van der Waals surface area contributed by atoms with E-state index in [9.17, 15) is 4.79 Å². The third kappa shape index (κ3) is 3.14. The van der Waals surface area contributed by atoms with E-state index in [0.717, 1.165) is 16.3 Å². The van der Waals surface area contributed by atoms with Crippen molar-refractivity contribution in [3.05, 3.63) is 59.0 Å². The van der Waals surface area contributed by atoms with Crippen LogP contribution in [0.4, 0.5) is 6.01 Å². The fourth-order valence-corrected chi connectivity index (χ4v) is 3.28. The van der Waals surface area contributed by atoms with E-state index in [1.165, 1.54) is 11.3 Å². The molecule has 0 saturated heterocycles. The molecular weight excluding hydrogens is 352 g/mol. The number of hydrogen-bond donors (Lipinski definition) is 1. The molecule has 0 saturated carbocycles. The van der Waals surface area contributed by atoms with Gasteiger partial charge in [0.05, 0.1) is 5.56 Å². The maximum absolute atomic E-state index is 12.4. The maximum atomic E-state index is 12.4. The van der Waals surface area contributed by atoms with E-state index in [2.05, 4.69) is 20.5 Å². The number of hydrogen-bond acceptors (Lipinski definition) is 7. The normalized spacial score (nSPS) is 10.8. The molecule has 0 atom stereocenters. The van der Waals surface area contributed by atoms with Crippen LogP contribution in [0.25, 0.3) is 22.0 Å². The summed E-state index contributed by atoms with van der Waals surface area (Å²) in [4.78, 5) is 16.7. The lowest BCUT2D eigenvalue weighted by Gasteiger charge is -1.96. The molecule has 3 heterocycles. The van der Waals surface area contributed by atoms with E-state index in [4.69, 9.17) is 8.83 Å². The van der Waals surface area contributed by atoms with Crippen LogP contribution in [0.5, 0.6) is 0 Å². The Bertz CT molecular complexity index is 1070. The van der Waals surface area contributed by atoms with Crippen LogP contribution in [-0.2, 0) is 0 Å². The number of thiazole rings is 1. The second kappa shape index (κ2) is 6.57. The molecule has 0 bridgehead atoms. The molecule has 0 aliphatic rings. The average molecular weight is 366 g/mol. The Balaban J connectivity index is 1.51. The predicted octanol–water partition coefficient (Wildman–Crippen LogP) is 4.32. The lowest BCUT2D eigenvalue weighted by atomic mass is 10.2. The number of nitrogens with zero attached hydrogens (tertiary/aromatic N) is 3. The molecule has 1 aromatic carbocycles. The van der Waals surface area contributed by atoms with E-state index >= 15 is 0 Å². The zero-order valence-corrected chi connectivity index (χ0v) is 14.8. The first-order valence-corrected chi connectivity index (χ1v) is 8.71. The van der Waals surface area contributed by atoms with Gasteiger partial charge >= 0.3 is 6.01 Å². The van der Waals surface area contributed by atoms with Crippen molar-refractivity contribution in [2.75, 3.05) is 5.32 Å². The van der Waals surface area contributed by atoms with Gasteiger partial charge in [-0.05, 0) is 19.9 Å². The molecule has 1 N–H and O–H groups in total. The maximum Gasteiger partial charge on any atom is 0.322 e. The fourth-order valence-electron chi connectivity index (χ4n) is 2.48. The summed E-state index contributed by atoms with van der Waals surface area (Å²) < 4.78 is 11.0. The number of benzene rings is 1. The van der Waals surface area contributed by atoms with Crippen LogP contribution < -0.4 is 5.32 Å². The number of furan rings is 1. The Morgan fingerprint density at radius 1 is 1.12 bits per heavy atom. The third-order valence-corrected chi connectivity index (χ3v) is 4.57. The molecule has 26 heavy (non-hydrogen) atoms. The SMILES string of the molecule is Cc1cc(-c2nnc(NC(=O)c3csc(-c4ccccc4)n3)o2)c(C)o1. The summed E-state index contributed by atoms with van der Waals surface area (Å²) in [6.45, 7) is 3.65. The van der Waals surface area contributed by atoms with Gasteiger partial charge < -0.3 is 8.83 Å². The van der Waals surface area contributed by atoms with Crippen LogP contribution in [-0.4, -0.2) is 21.1 Å². The molecule has 0 radical (unpaired) electrons. The highest BCUT2D eigenvalue weighted by Gasteiger charge is 2.18. The van der Waals surface area contributed by atoms with Crippen molar-refractivity contribution >= 4 is 23.3 Å². The summed E-state index contributed by atoms with van der Waals surface area (Å²) in [5, 5.41) is 12.8. The number of aromatic nitrogens is 3. The first-order valence-electron chi connectivity index (χ1n) is 7.83. The standard InChI is InChI=1S/C18H14N4O3S/c1-10-8-13(11(2)24-10)16-21-22-18(25-16)20-15(23)14-9-26-17(19-14)12-6-4-3-5-7-12/h3-9H,1-2H3,(H,20,22,23). The van der Waals surface area contributed by atoms with E-state index in [0.29, 0.717) is 17.0 Å². The molecule has 4 rings (SSSR count). The molecule has 130 valence electrons. The molecule has 0 aliphatic carbocycles. The minimum absolute atomic E-state index is 0.0116. The number of nitrogens with one attached hydrogen (secondary N) is 1. The number of anilines is 1. The number of amides is 1. The summed E-state index contributed by atoms with van der Waals surface area (Å²) >= 11 is 1.40. The summed E-state index contributed by atoms with van der Waals surface area (Å²) in [6, 6.07) is 11.5. The van der Waals surface area contributed by atoms with Crippen LogP contribution in [0.1, 0.15) is 22.0 Å². The van der Waals surface area contributed by atoms with Gasteiger partial charge in [0.15, 0.2) is 0 Å². The molecule has 0 spiro atoms. The second-order valence-corrected chi connectivity index (χ2v) is 6.46. The van der Waals surface area contributed by atoms with Crippen molar-refractivity contribution in [2.24, 2.45) is 0 Å². The van der Waals surface area contributed by atoms with Crippen molar-refractivity contribution in [3.63, 3.8) is 0 Å². The molecule has 8 heteroatoms. The van der Waals surface area contributed by atoms with Gasteiger partial charge in [-0.3, -0.25) is 10.1 Å². The van der Waals surface area contributed by atoms with Crippen molar-refractivity contribution in [1.82, 2.24) is 15.2 Å². The number of carbonyl (C=O) groups is 1. The number of carbonyl (C=O) groups excluding carboxylic acids is 1. The Kier molecular flexibility index (Phi) is 4.10. The van der Waals surface area contributed by atoms with Crippen molar-refractivity contribution in [3.8, 4) is 22.0 Å². The zero-order valence-electron chi connectivity index (χ0n) is 14.0. The van der Waals surface area contributed by atoms with Crippen LogP contribution in [0.15, 0.2) is 50.6 Å². The summed E-state index contributed by atoms with van der Waals surface area (Å²) in [5.74, 6) is 1.31. The Labute approximate surface area is 152 Å². The van der Waals surface area contributed by atoms with Gasteiger partial charge in [-0.15, -0.1) is 16.4 Å². The van der Waals surface area contributed by atoms with E-state index in [-0.39, 0.29) is 11.9 Å². The highest BCUT2D eigenvalue weighted by Crippen LogP contribution is 2.27. The Morgan fingerprint density at radius 2 is 1.92 bits per heavy atom. The molecule has 7 nitrogen and oxygen atoms in total. The van der Waals surface area contributed by atoms with Gasteiger partial charge in [-0.2, -0.15) is 0 Å². The number of aryl methyl sites for hydroxylation is 2. The topological polar surface area (TPSA) is 94.1 Å². The first kappa shape index (κ1) is 16.2. The highest BCUT2D eigenvalue weighted by atomic mass is 32.1. The van der Waals surface area contributed by atoms with Gasteiger partial charge in [0.1, 0.15) is 22.2 Å². The minimum Gasteiger partial charge on any atom is -0.466 e. The molecule has 3 aromatic heterocycles. The van der Waals surface area contributed by atoms with Crippen LogP contribution >= 0.6 is 11.3 Å². The monoisotopic (exact) mass is 366 g/mol. The summed E-state index contributed by atoms with van der Waals surface area (Å²) in [5.41, 5.74) is 1.96. The van der Waals surface area contributed by atoms with Gasteiger partial charge in [-0.1, -0.05) is 35.4 Å². The highest BCUT2D eigenvalue weighted by molar-refractivity contribution is 7.13. The van der Waals surface area contributed by atoms with Gasteiger partial charge in [-0.25, -0.2) is 4.98 Å². The fraction of sp³-hybridized carbons (Fsp3) is 0.111. The van der Waals surface area contributed by atoms with Crippen LogP contribution in [0.3, 0.4) is 0 Å². The van der Waals surface area contributed by atoms with Crippen LogP contribution in [0.2, 0.25) is 0 Å². The first-order chi connectivity index (χ1) is 12.6. The molecule has 4 aromatic rings. The quantitative estimate of drug-likeness (QED) is 0.578. The van der Waals surface area contributed by atoms with Crippen molar-refractivity contribution in [1.29, 1.82) is 0 Å². The Morgan fingerprint density at radius 3 is 2.65 bits per heavy atom. The number of rotatable bonds is 4. The average Bonchev–Trinajstić information content (AvgIpc) is 3.35. The summed E-state index contributed by atoms with van der Waals surface area (Å²) in [6.07, 6.45) is 0. The smallest absolute Gasteiger partial charge is 0.322 e. The Hall–Kier alpha value is -3.26. The van der Waals surface area contributed by atoms with Crippen LogP contribution in [0, 0.1) is 13.8 Å². The minimum atomic E-state index is -0.404. The second-order valence-electron chi connectivity index (χ2n) is 5.60. The van der Waals surface area contributed by atoms with E-state index in [1.54, 1.807) is 11.4 Å². The largest absolute Gasteiger partial charge is 0.466 e. The molecule has 0 unspecified atom stereocenters. The lowest BCUT2D eigenvalue weighted by molar-refractivity contribution is 0.102. The molecule has 0 aliphatic heterocycles. The van der Waals surface area contributed by atoms with Crippen molar-refractivity contribution < 1.29 is 13.6 Å². The predicted molar refractivity (Wildman–Crippen MR) is 97.0 cm³/mol. The molecular formula is C18H14N4O3S. The van der Waals surface area contributed by atoms with Gasteiger partial charge in [0.25, 0.3) is 11.8 Å². The molecule has 0 fully saturated rings. The zero-order chi connectivity index (χ0) is 18.1. The van der Waals surface area contributed by atoms with Crippen molar-refractivity contribution in [2.45, 2.75) is 13.8 Å².